The van der Waals surface area contributed by atoms with E-state index in [1.807, 2.05) is 37.5 Å². The average molecular weight is 464 g/mol. The molecule has 2 aliphatic rings. The molecule has 0 unspecified atom stereocenters. The summed E-state index contributed by atoms with van der Waals surface area (Å²) in [5.41, 5.74) is 4.06. The highest BCUT2D eigenvalue weighted by Gasteiger charge is 2.43. The predicted octanol–water partition coefficient (Wildman–Crippen LogP) is 2.12. The lowest BCUT2D eigenvalue weighted by Gasteiger charge is -2.22. The molecule has 3 aromatic rings. The first-order chi connectivity index (χ1) is 16.6. The molecule has 2 aromatic heterocycles. The number of hydrogen-bond acceptors (Lipinski definition) is 8. The molecular formula is C25H29N5O4. The number of amides is 1. The van der Waals surface area contributed by atoms with Crippen LogP contribution in [0.15, 0.2) is 59.7 Å². The number of rotatable bonds is 8. The molecular weight excluding hydrogens is 434 g/mol. The van der Waals surface area contributed by atoms with Crippen molar-refractivity contribution in [1.29, 1.82) is 0 Å². The molecule has 9 nitrogen and oxygen atoms in total. The first kappa shape index (κ1) is 22.5. The van der Waals surface area contributed by atoms with Gasteiger partial charge in [0, 0.05) is 36.6 Å². The summed E-state index contributed by atoms with van der Waals surface area (Å²) in [6, 6.07) is 9.80. The molecule has 1 amide bonds. The van der Waals surface area contributed by atoms with E-state index in [4.69, 9.17) is 9.15 Å². The second-order valence-electron chi connectivity index (χ2n) is 8.99. The number of ether oxygens (including phenoxy) is 1. The van der Waals surface area contributed by atoms with Gasteiger partial charge in [-0.1, -0.05) is 24.3 Å². The van der Waals surface area contributed by atoms with Crippen LogP contribution in [0.25, 0.3) is 11.3 Å². The van der Waals surface area contributed by atoms with Crippen LogP contribution < -0.4 is 16.0 Å². The second kappa shape index (κ2) is 9.54. The number of benzene rings is 1. The number of aromatic nitrogens is 2. The van der Waals surface area contributed by atoms with E-state index in [0.29, 0.717) is 25.3 Å². The fourth-order valence-electron chi connectivity index (χ4n) is 4.53. The molecule has 1 aromatic carbocycles. The summed E-state index contributed by atoms with van der Waals surface area (Å²) >= 11 is 0. The summed E-state index contributed by atoms with van der Waals surface area (Å²) in [5, 5.41) is 19.8. The minimum Gasteiger partial charge on any atom is -0.444 e. The quantitative estimate of drug-likeness (QED) is 0.401. The highest BCUT2D eigenvalue weighted by atomic mass is 16.6. The fourth-order valence-corrected chi connectivity index (χ4v) is 4.53. The third-order valence-electron chi connectivity index (χ3n) is 6.75. The topological polar surface area (TPSA) is 122 Å². The highest BCUT2D eigenvalue weighted by Crippen LogP contribution is 2.44. The smallest absolute Gasteiger partial charge is 0.407 e. The average Bonchev–Trinajstić information content (AvgIpc) is 3.34. The van der Waals surface area contributed by atoms with Gasteiger partial charge in [0.25, 0.3) is 0 Å². The van der Waals surface area contributed by atoms with Crippen molar-refractivity contribution in [2.75, 3.05) is 13.6 Å². The van der Waals surface area contributed by atoms with Crippen LogP contribution in [0.4, 0.5) is 4.79 Å². The summed E-state index contributed by atoms with van der Waals surface area (Å²) in [4.78, 5) is 20.8. The summed E-state index contributed by atoms with van der Waals surface area (Å²) in [5.74, 6) is 0.706. The van der Waals surface area contributed by atoms with Crippen LogP contribution in [0, 0.1) is 0 Å². The van der Waals surface area contributed by atoms with Crippen molar-refractivity contribution in [3.05, 3.63) is 72.0 Å². The molecule has 3 heterocycles. The molecule has 2 fully saturated rings. The lowest BCUT2D eigenvalue weighted by atomic mass is 10.00. The number of carbonyl (C=O) groups is 1. The molecule has 0 radical (unpaired) electrons. The van der Waals surface area contributed by atoms with Crippen molar-refractivity contribution < 1.29 is 19.1 Å². The zero-order valence-corrected chi connectivity index (χ0v) is 19.0. The lowest BCUT2D eigenvalue weighted by Crippen LogP contribution is -2.41. The number of oxazole rings is 1. The molecule has 1 saturated carbocycles. The Balaban J connectivity index is 1.16. The summed E-state index contributed by atoms with van der Waals surface area (Å²) < 4.78 is 11.0. The SMILES string of the molecule is CNC1(c2cncc(CNC(=O)O[C@@H]3[C@@H](O)CN[C@@H]3Cc3ccc(-c4cnco4)cc3)c2)CC1. The number of β-amino-alcohol motifs (C(OH)–C–C–N with tert-alkyl or cyclic N) is 1. The molecule has 1 aliphatic heterocycles. The minimum absolute atomic E-state index is 0.0173. The van der Waals surface area contributed by atoms with Crippen molar-refractivity contribution in [2.24, 2.45) is 0 Å². The molecule has 3 atom stereocenters. The molecule has 4 N–H and O–H groups in total. The van der Waals surface area contributed by atoms with Crippen LogP contribution in [-0.2, 0) is 23.2 Å². The van der Waals surface area contributed by atoms with Crippen molar-refractivity contribution in [2.45, 2.75) is 49.6 Å². The number of aliphatic hydroxyl groups is 1. The van der Waals surface area contributed by atoms with E-state index in [1.165, 1.54) is 6.39 Å². The number of carbonyl (C=O) groups excluding carboxylic acids is 1. The van der Waals surface area contributed by atoms with Gasteiger partial charge in [-0.3, -0.25) is 4.98 Å². The monoisotopic (exact) mass is 463 g/mol. The first-order valence-corrected chi connectivity index (χ1v) is 11.5. The Hall–Kier alpha value is -3.27. The van der Waals surface area contributed by atoms with Gasteiger partial charge in [0.15, 0.2) is 12.2 Å². The Bertz CT molecular complexity index is 1110. The molecule has 1 aliphatic carbocycles. The maximum Gasteiger partial charge on any atom is 0.407 e. The van der Waals surface area contributed by atoms with Crippen molar-refractivity contribution >= 4 is 6.09 Å². The molecule has 0 spiro atoms. The molecule has 34 heavy (non-hydrogen) atoms. The van der Waals surface area contributed by atoms with E-state index < -0.39 is 18.3 Å². The van der Waals surface area contributed by atoms with E-state index in [1.54, 1.807) is 12.4 Å². The van der Waals surface area contributed by atoms with Crippen LogP contribution in [0.1, 0.15) is 29.5 Å². The van der Waals surface area contributed by atoms with Gasteiger partial charge in [0.05, 0.1) is 12.2 Å². The van der Waals surface area contributed by atoms with Gasteiger partial charge in [-0.05, 0) is 49.1 Å². The van der Waals surface area contributed by atoms with Crippen LogP contribution in [0.5, 0.6) is 0 Å². The van der Waals surface area contributed by atoms with Gasteiger partial charge >= 0.3 is 6.09 Å². The molecule has 5 rings (SSSR count). The van der Waals surface area contributed by atoms with Gasteiger partial charge in [-0.25, -0.2) is 9.78 Å². The van der Waals surface area contributed by atoms with Crippen LogP contribution in [-0.4, -0.2) is 53.0 Å². The third-order valence-corrected chi connectivity index (χ3v) is 6.75. The summed E-state index contributed by atoms with van der Waals surface area (Å²) in [6.07, 6.45) is 7.51. The predicted molar refractivity (Wildman–Crippen MR) is 125 cm³/mol. The van der Waals surface area contributed by atoms with Gasteiger partial charge in [-0.15, -0.1) is 0 Å². The minimum atomic E-state index is -0.764. The molecule has 0 bridgehead atoms. The van der Waals surface area contributed by atoms with E-state index in [9.17, 15) is 9.90 Å². The summed E-state index contributed by atoms with van der Waals surface area (Å²) in [6.45, 7) is 0.681. The highest BCUT2D eigenvalue weighted by molar-refractivity contribution is 5.67. The molecule has 1 saturated heterocycles. The maximum absolute atomic E-state index is 12.5. The van der Waals surface area contributed by atoms with Gasteiger partial charge in [0.1, 0.15) is 12.2 Å². The van der Waals surface area contributed by atoms with Gasteiger partial charge in [-0.2, -0.15) is 0 Å². The number of hydrogen-bond donors (Lipinski definition) is 4. The zero-order chi connectivity index (χ0) is 23.5. The largest absolute Gasteiger partial charge is 0.444 e. The lowest BCUT2D eigenvalue weighted by molar-refractivity contribution is 0.0188. The van der Waals surface area contributed by atoms with Gasteiger partial charge < -0.3 is 30.2 Å². The van der Waals surface area contributed by atoms with Gasteiger partial charge in [0.2, 0.25) is 0 Å². The van der Waals surface area contributed by atoms with E-state index in [0.717, 1.165) is 35.1 Å². The zero-order valence-electron chi connectivity index (χ0n) is 19.0. The van der Waals surface area contributed by atoms with Crippen molar-refractivity contribution in [1.82, 2.24) is 25.9 Å². The number of pyridine rings is 1. The number of aliphatic hydroxyl groups excluding tert-OH is 1. The number of alkyl carbamates (subject to hydrolysis) is 1. The number of nitrogens with zero attached hydrogens (tertiary/aromatic N) is 2. The van der Waals surface area contributed by atoms with Crippen LogP contribution in [0.3, 0.4) is 0 Å². The van der Waals surface area contributed by atoms with Crippen molar-refractivity contribution in [3.63, 3.8) is 0 Å². The normalized spacial score (nSPS) is 22.9. The first-order valence-electron chi connectivity index (χ1n) is 11.5. The Morgan fingerprint density at radius 2 is 2.03 bits per heavy atom. The Labute approximate surface area is 198 Å². The maximum atomic E-state index is 12.5. The Morgan fingerprint density at radius 3 is 2.74 bits per heavy atom. The van der Waals surface area contributed by atoms with Crippen molar-refractivity contribution in [3.8, 4) is 11.3 Å². The number of nitrogens with one attached hydrogen (secondary N) is 3. The fraction of sp³-hybridized carbons (Fsp3) is 0.400. The van der Waals surface area contributed by atoms with E-state index >= 15 is 0 Å². The second-order valence-corrected chi connectivity index (χ2v) is 8.99. The standard InChI is InChI=1S/C25H29N5O4/c1-26-25(6-7-25)19-8-17(10-27-12-19)11-30-24(32)34-23-20(29-13-21(23)31)9-16-2-4-18(5-3-16)22-14-28-15-33-22/h2-5,8,10,12,14-15,20-21,23,26,29,31H,6-7,9,11,13H2,1H3,(H,30,32)/t20-,21+,23+/m1/s1. The van der Waals surface area contributed by atoms with Crippen LogP contribution >= 0.6 is 0 Å². The van der Waals surface area contributed by atoms with E-state index in [-0.39, 0.29) is 11.6 Å². The Morgan fingerprint density at radius 1 is 1.21 bits per heavy atom. The molecule has 178 valence electrons. The Kier molecular flexibility index (Phi) is 6.32. The van der Waals surface area contributed by atoms with Crippen LogP contribution in [0.2, 0.25) is 0 Å². The van der Waals surface area contributed by atoms with E-state index in [2.05, 4.69) is 32.0 Å². The molecule has 9 heteroatoms. The summed E-state index contributed by atoms with van der Waals surface area (Å²) in [7, 11) is 1.96. The third kappa shape index (κ3) is 4.82.